The summed E-state index contributed by atoms with van der Waals surface area (Å²) < 4.78 is 28.6. The molecule has 0 spiro atoms. The van der Waals surface area contributed by atoms with E-state index >= 15 is 0 Å². The van der Waals surface area contributed by atoms with Crippen molar-refractivity contribution in [2.75, 3.05) is 11.4 Å². The number of nitrogens with zero attached hydrogens (tertiary/aromatic N) is 1. The van der Waals surface area contributed by atoms with Gasteiger partial charge >= 0.3 is 0 Å². The number of amides is 1. The fraction of sp³-hybridized carbons (Fsp3) is 0.345. The van der Waals surface area contributed by atoms with Crippen LogP contribution in [0.1, 0.15) is 70.6 Å². The number of benzene rings is 3. The monoisotopic (exact) mass is 488 g/mol. The minimum absolute atomic E-state index is 0.0282. The van der Waals surface area contributed by atoms with E-state index < -0.39 is 10.0 Å². The summed E-state index contributed by atoms with van der Waals surface area (Å²) in [5.41, 5.74) is 5.81. The van der Waals surface area contributed by atoms with Gasteiger partial charge in [0.05, 0.1) is 4.90 Å². The molecule has 0 bridgehead atoms. The van der Waals surface area contributed by atoms with E-state index in [9.17, 15) is 13.2 Å². The van der Waals surface area contributed by atoms with E-state index in [0.29, 0.717) is 18.0 Å². The number of carbonyl (C=O) groups is 1. The molecule has 1 amide bonds. The third-order valence-corrected chi connectivity index (χ3v) is 8.74. The molecule has 0 radical (unpaired) electrons. The van der Waals surface area contributed by atoms with Gasteiger partial charge in [-0.1, -0.05) is 61.2 Å². The van der Waals surface area contributed by atoms with Crippen molar-refractivity contribution in [1.82, 2.24) is 4.72 Å². The Morgan fingerprint density at radius 2 is 1.66 bits per heavy atom. The van der Waals surface area contributed by atoms with Gasteiger partial charge in [0.2, 0.25) is 10.0 Å². The lowest BCUT2D eigenvalue weighted by Gasteiger charge is -2.22. The van der Waals surface area contributed by atoms with Crippen LogP contribution in [-0.4, -0.2) is 20.9 Å². The lowest BCUT2D eigenvalue weighted by Crippen LogP contribution is -2.29. The van der Waals surface area contributed by atoms with Gasteiger partial charge in [0.1, 0.15) is 0 Å². The predicted molar refractivity (Wildman–Crippen MR) is 139 cm³/mol. The largest absolute Gasteiger partial charge is 0.308 e. The highest BCUT2D eigenvalue weighted by Gasteiger charge is 2.26. The van der Waals surface area contributed by atoms with E-state index in [1.54, 1.807) is 17.0 Å². The van der Waals surface area contributed by atoms with Crippen molar-refractivity contribution in [2.24, 2.45) is 0 Å². The molecule has 0 unspecified atom stereocenters. The maximum absolute atomic E-state index is 13.1. The first-order valence-corrected chi connectivity index (χ1v) is 14.0. The van der Waals surface area contributed by atoms with Gasteiger partial charge in [-0.3, -0.25) is 4.79 Å². The van der Waals surface area contributed by atoms with E-state index in [1.165, 1.54) is 37.7 Å². The van der Waals surface area contributed by atoms with Gasteiger partial charge in [0.15, 0.2) is 0 Å². The molecular weight excluding hydrogens is 456 g/mol. The van der Waals surface area contributed by atoms with Gasteiger partial charge in [-0.15, -0.1) is 0 Å². The first-order chi connectivity index (χ1) is 16.9. The van der Waals surface area contributed by atoms with Crippen molar-refractivity contribution < 1.29 is 13.2 Å². The molecule has 0 atom stereocenters. The topological polar surface area (TPSA) is 66.5 Å². The van der Waals surface area contributed by atoms with Gasteiger partial charge in [0.25, 0.3) is 5.91 Å². The standard InChI is InChI=1S/C29H32N2O3S/c1-21-7-10-26(11-8-21)29(32)31-18-17-25-12-9-22(19-28(25)31)20-30-35(33,34)27-15-13-24(14-16-27)23-5-3-2-4-6-23/h7-16,19,23,30H,2-6,17-18,20H2,1H3. The Kier molecular flexibility index (Phi) is 6.76. The number of fused-ring (bicyclic) bond motifs is 1. The van der Waals surface area contributed by atoms with Gasteiger partial charge in [-0.05, 0) is 79.1 Å². The Morgan fingerprint density at radius 3 is 2.37 bits per heavy atom. The molecule has 0 aromatic heterocycles. The third kappa shape index (κ3) is 5.19. The van der Waals surface area contributed by atoms with Crippen LogP contribution >= 0.6 is 0 Å². The van der Waals surface area contributed by atoms with Crippen molar-refractivity contribution >= 4 is 21.6 Å². The first-order valence-electron chi connectivity index (χ1n) is 12.5. The summed E-state index contributed by atoms with van der Waals surface area (Å²) in [6.45, 7) is 2.80. The fourth-order valence-corrected chi connectivity index (χ4v) is 6.23. The molecule has 35 heavy (non-hydrogen) atoms. The minimum Gasteiger partial charge on any atom is -0.308 e. The number of anilines is 1. The maximum atomic E-state index is 13.1. The van der Waals surface area contributed by atoms with Crippen LogP contribution in [0.25, 0.3) is 0 Å². The van der Waals surface area contributed by atoms with E-state index in [1.807, 2.05) is 61.5 Å². The molecule has 6 heteroatoms. The second-order valence-corrected chi connectivity index (χ2v) is 11.5. The van der Waals surface area contributed by atoms with Crippen LogP contribution in [0.3, 0.4) is 0 Å². The summed E-state index contributed by atoms with van der Waals surface area (Å²) in [6, 6.07) is 20.8. The summed E-state index contributed by atoms with van der Waals surface area (Å²) in [4.78, 5) is 15.2. The average molecular weight is 489 g/mol. The summed E-state index contributed by atoms with van der Waals surface area (Å²) in [5.74, 6) is 0.518. The average Bonchev–Trinajstić information content (AvgIpc) is 3.31. The fourth-order valence-electron chi connectivity index (χ4n) is 5.21. The Balaban J connectivity index is 1.27. The van der Waals surface area contributed by atoms with Crippen molar-refractivity contribution in [3.63, 3.8) is 0 Å². The lowest BCUT2D eigenvalue weighted by atomic mass is 9.84. The molecule has 1 aliphatic carbocycles. The van der Waals surface area contributed by atoms with Crippen LogP contribution in [0.5, 0.6) is 0 Å². The molecular formula is C29H32N2O3S. The summed E-state index contributed by atoms with van der Waals surface area (Å²) >= 11 is 0. The number of sulfonamides is 1. The normalized spacial score (nSPS) is 16.3. The predicted octanol–water partition coefficient (Wildman–Crippen LogP) is 5.72. The van der Waals surface area contributed by atoms with Crippen molar-refractivity contribution in [3.8, 4) is 0 Å². The highest BCUT2D eigenvalue weighted by molar-refractivity contribution is 7.89. The molecule has 5 nitrogen and oxygen atoms in total. The van der Waals surface area contributed by atoms with Crippen LogP contribution in [0.15, 0.2) is 71.6 Å². The Morgan fingerprint density at radius 1 is 0.943 bits per heavy atom. The van der Waals surface area contributed by atoms with Gasteiger partial charge in [-0.25, -0.2) is 13.1 Å². The quantitative estimate of drug-likeness (QED) is 0.482. The van der Waals surface area contributed by atoms with Crippen LogP contribution in [0, 0.1) is 6.92 Å². The third-order valence-electron chi connectivity index (χ3n) is 7.32. The maximum Gasteiger partial charge on any atom is 0.258 e. The first kappa shape index (κ1) is 23.8. The van der Waals surface area contributed by atoms with Crippen LogP contribution in [-0.2, 0) is 23.0 Å². The molecule has 1 fully saturated rings. The van der Waals surface area contributed by atoms with E-state index in [0.717, 1.165) is 28.8 Å². The van der Waals surface area contributed by atoms with Crippen LogP contribution in [0.2, 0.25) is 0 Å². The molecule has 3 aromatic rings. The molecule has 1 aliphatic heterocycles. The zero-order valence-electron chi connectivity index (χ0n) is 20.2. The molecule has 2 aliphatic rings. The zero-order chi connectivity index (χ0) is 24.4. The van der Waals surface area contributed by atoms with Gasteiger partial charge < -0.3 is 4.90 Å². The highest BCUT2D eigenvalue weighted by Crippen LogP contribution is 2.33. The van der Waals surface area contributed by atoms with Crippen molar-refractivity contribution in [3.05, 3.63) is 94.5 Å². The van der Waals surface area contributed by atoms with Gasteiger partial charge in [0, 0.05) is 24.3 Å². The number of carbonyl (C=O) groups excluding carboxylic acids is 1. The molecule has 1 saturated carbocycles. The summed E-state index contributed by atoms with van der Waals surface area (Å²) in [6.07, 6.45) is 6.97. The number of aryl methyl sites for hydroxylation is 1. The Labute approximate surface area is 208 Å². The molecule has 182 valence electrons. The number of rotatable bonds is 6. The second-order valence-electron chi connectivity index (χ2n) is 9.76. The van der Waals surface area contributed by atoms with E-state index in [-0.39, 0.29) is 17.3 Å². The molecule has 1 N–H and O–H groups in total. The smallest absolute Gasteiger partial charge is 0.258 e. The lowest BCUT2D eigenvalue weighted by molar-refractivity contribution is 0.0989. The van der Waals surface area contributed by atoms with E-state index in [4.69, 9.17) is 0 Å². The van der Waals surface area contributed by atoms with E-state index in [2.05, 4.69) is 4.72 Å². The Bertz CT molecular complexity index is 1310. The number of hydrogen-bond acceptors (Lipinski definition) is 3. The highest BCUT2D eigenvalue weighted by atomic mass is 32.2. The minimum atomic E-state index is -3.63. The SMILES string of the molecule is Cc1ccc(C(=O)N2CCc3ccc(CNS(=O)(=O)c4ccc(C5CCCCC5)cc4)cc32)cc1. The molecule has 0 saturated heterocycles. The van der Waals surface area contributed by atoms with Crippen LogP contribution in [0.4, 0.5) is 5.69 Å². The van der Waals surface area contributed by atoms with Crippen molar-refractivity contribution in [1.29, 1.82) is 0 Å². The zero-order valence-corrected chi connectivity index (χ0v) is 21.0. The molecule has 5 rings (SSSR count). The number of nitrogens with one attached hydrogen (secondary N) is 1. The molecule has 3 aromatic carbocycles. The second kappa shape index (κ2) is 9.96. The summed E-state index contributed by atoms with van der Waals surface area (Å²) in [7, 11) is -3.63. The van der Waals surface area contributed by atoms with Crippen molar-refractivity contribution in [2.45, 2.75) is 62.8 Å². The number of hydrogen-bond donors (Lipinski definition) is 1. The summed E-state index contributed by atoms with van der Waals surface area (Å²) in [5, 5.41) is 0. The van der Waals surface area contributed by atoms with Gasteiger partial charge in [-0.2, -0.15) is 0 Å². The Hall–Kier alpha value is -2.96. The van der Waals surface area contributed by atoms with Crippen LogP contribution < -0.4 is 9.62 Å². The molecule has 1 heterocycles.